The van der Waals surface area contributed by atoms with E-state index >= 15 is 0 Å². The minimum Gasteiger partial charge on any atom is -0.114 e. The van der Waals surface area contributed by atoms with Crippen molar-refractivity contribution in [3.05, 3.63) is 30.3 Å². The van der Waals surface area contributed by atoms with Crippen LogP contribution in [-0.2, 0) is 0 Å². The molecule has 0 spiro atoms. The van der Waals surface area contributed by atoms with E-state index in [0.29, 0.717) is 0 Å². The molecule has 0 fully saturated rings. The summed E-state index contributed by atoms with van der Waals surface area (Å²) in [6, 6.07) is 10.7. The van der Waals surface area contributed by atoms with E-state index in [9.17, 15) is 0 Å². The second-order valence-electron chi connectivity index (χ2n) is 2.35. The topological polar surface area (TPSA) is 0 Å². The Morgan fingerprint density at radius 3 is 2.18 bits per heavy atom. The summed E-state index contributed by atoms with van der Waals surface area (Å²) < 4.78 is 0. The van der Waals surface area contributed by atoms with E-state index in [1.54, 1.807) is 0 Å². The molecule has 0 aliphatic carbocycles. The van der Waals surface area contributed by atoms with E-state index in [4.69, 9.17) is 0 Å². The van der Waals surface area contributed by atoms with Crippen molar-refractivity contribution < 1.29 is 0 Å². The van der Waals surface area contributed by atoms with Gasteiger partial charge in [-0.2, -0.15) is 0 Å². The molecule has 1 rings (SSSR count). The van der Waals surface area contributed by atoms with Crippen LogP contribution in [0.2, 0.25) is 0 Å². The quantitative estimate of drug-likeness (QED) is 0.689. The largest absolute Gasteiger partial charge is 0.114 e. The summed E-state index contributed by atoms with van der Waals surface area (Å²) in [6.45, 7) is 4.57. The first-order valence-electron chi connectivity index (χ1n) is 3.60. The maximum absolute atomic E-state index is 2.32. The van der Waals surface area contributed by atoms with Crippen molar-refractivity contribution in [2.75, 3.05) is 12.8 Å². The Balaban J connectivity index is 0.000001000. The van der Waals surface area contributed by atoms with Gasteiger partial charge in [-0.15, -0.1) is 17.0 Å². The smallest absolute Gasteiger partial charge is 0.0243 e. The monoisotopic (exact) mass is 232 g/mol. The third-order valence-corrected chi connectivity index (χ3v) is 3.80. The summed E-state index contributed by atoms with van der Waals surface area (Å²) in [6.07, 6.45) is 1.29. The summed E-state index contributed by atoms with van der Waals surface area (Å²) in [4.78, 5) is 0. The summed E-state index contributed by atoms with van der Waals surface area (Å²) in [5.41, 5.74) is 0. The number of hydrogen-bond donors (Lipinski definition) is 0. The molecule has 0 amide bonds. The van der Waals surface area contributed by atoms with Gasteiger partial charge in [0.05, 0.1) is 0 Å². The van der Waals surface area contributed by atoms with Gasteiger partial charge >= 0.3 is 0 Å². The Morgan fingerprint density at radius 1 is 1.18 bits per heavy atom. The molecule has 0 aromatic heterocycles. The van der Waals surface area contributed by atoms with Crippen molar-refractivity contribution in [2.24, 2.45) is 0 Å². The Morgan fingerprint density at radius 2 is 1.73 bits per heavy atom. The van der Waals surface area contributed by atoms with Crippen molar-refractivity contribution in [1.82, 2.24) is 0 Å². The minimum absolute atomic E-state index is 0. The Kier molecular flexibility index (Phi) is 5.81. The van der Waals surface area contributed by atoms with E-state index in [0.717, 1.165) is 0 Å². The summed E-state index contributed by atoms with van der Waals surface area (Å²) >= 11 is 0. The Hall–Kier alpha value is 0.130. The average molecular weight is 233 g/mol. The number of hydrogen-bond acceptors (Lipinski definition) is 0. The molecule has 1 unspecified atom stereocenters. The molecule has 62 valence electrons. The molecule has 0 N–H and O–H groups in total. The summed E-state index contributed by atoms with van der Waals surface area (Å²) in [5.74, 6) is 0. The number of rotatable bonds is 2. The highest BCUT2D eigenvalue weighted by molar-refractivity contribution is 8.93. The van der Waals surface area contributed by atoms with Crippen LogP contribution in [0.3, 0.4) is 0 Å². The highest BCUT2D eigenvalue weighted by Crippen LogP contribution is 2.27. The normalized spacial score (nSPS) is 11.8. The molecule has 0 saturated carbocycles. The molecule has 0 heterocycles. The van der Waals surface area contributed by atoms with Crippen molar-refractivity contribution in [1.29, 1.82) is 0 Å². The lowest BCUT2D eigenvalue weighted by Crippen LogP contribution is -1.98. The maximum Gasteiger partial charge on any atom is -0.0243 e. The molecule has 1 aromatic carbocycles. The molecule has 1 aromatic rings. The van der Waals surface area contributed by atoms with Gasteiger partial charge in [-0.05, 0) is 18.1 Å². The zero-order valence-corrected chi connectivity index (χ0v) is 9.56. The van der Waals surface area contributed by atoms with Gasteiger partial charge in [0.15, 0.2) is 0 Å². The lowest BCUT2D eigenvalue weighted by molar-refractivity contribution is 1.50. The highest BCUT2D eigenvalue weighted by atomic mass is 79.9. The van der Waals surface area contributed by atoms with Crippen LogP contribution in [0.25, 0.3) is 0 Å². The van der Waals surface area contributed by atoms with Crippen molar-refractivity contribution in [2.45, 2.75) is 6.92 Å². The van der Waals surface area contributed by atoms with Gasteiger partial charge in [0, 0.05) is 0 Å². The zero-order chi connectivity index (χ0) is 7.40. The van der Waals surface area contributed by atoms with Crippen molar-refractivity contribution in [3.63, 3.8) is 0 Å². The van der Waals surface area contributed by atoms with Crippen LogP contribution < -0.4 is 5.30 Å². The second-order valence-corrected chi connectivity index (χ2v) is 4.89. The first kappa shape index (κ1) is 11.1. The first-order chi connectivity index (χ1) is 4.84. The van der Waals surface area contributed by atoms with Gasteiger partial charge in [-0.3, -0.25) is 0 Å². The van der Waals surface area contributed by atoms with Crippen LogP contribution in [0.4, 0.5) is 0 Å². The molecule has 0 saturated heterocycles. The van der Waals surface area contributed by atoms with E-state index < -0.39 is 0 Å². The van der Waals surface area contributed by atoms with Gasteiger partial charge in [0.25, 0.3) is 0 Å². The molecule has 2 heteroatoms. The third-order valence-electron chi connectivity index (χ3n) is 1.67. The molecule has 0 nitrogen and oxygen atoms in total. The van der Waals surface area contributed by atoms with Gasteiger partial charge in [0.1, 0.15) is 0 Å². The maximum atomic E-state index is 2.32. The number of halogens is 1. The molecule has 1 atom stereocenters. The predicted molar refractivity (Wildman–Crippen MR) is 59.8 cm³/mol. The van der Waals surface area contributed by atoms with Crippen LogP contribution >= 0.6 is 24.9 Å². The highest BCUT2D eigenvalue weighted by Gasteiger charge is 1.97. The van der Waals surface area contributed by atoms with Crippen LogP contribution in [0.5, 0.6) is 0 Å². The third kappa shape index (κ3) is 3.35. The minimum atomic E-state index is 0. The van der Waals surface area contributed by atoms with Crippen molar-refractivity contribution in [3.8, 4) is 0 Å². The van der Waals surface area contributed by atoms with Crippen LogP contribution in [0.15, 0.2) is 30.3 Å². The van der Waals surface area contributed by atoms with Crippen LogP contribution in [0.1, 0.15) is 6.92 Å². The first-order valence-corrected chi connectivity index (χ1v) is 5.58. The molecule has 0 radical (unpaired) electrons. The SMILES string of the molecule is Br.CCP(C)c1ccccc1. The second kappa shape index (κ2) is 5.74. The fourth-order valence-corrected chi connectivity index (χ4v) is 1.91. The van der Waals surface area contributed by atoms with E-state index in [1.165, 1.54) is 11.5 Å². The molecule has 0 bridgehead atoms. The zero-order valence-electron chi connectivity index (χ0n) is 6.95. The summed E-state index contributed by atoms with van der Waals surface area (Å²) in [5, 5.41) is 1.51. The lowest BCUT2D eigenvalue weighted by Gasteiger charge is -2.07. The summed E-state index contributed by atoms with van der Waals surface area (Å²) in [7, 11) is 0.127. The average Bonchev–Trinajstić information content (AvgIpc) is 2.05. The molecule has 0 aliphatic heterocycles. The van der Waals surface area contributed by atoms with E-state index in [1.807, 2.05) is 0 Å². The Bertz CT molecular complexity index is 186. The standard InChI is InChI=1S/C9H13P.BrH/c1-3-10(2)9-7-5-4-6-8-9;/h4-8H,3H2,1-2H3;1H. The molecular formula is C9H14BrP. The molecule has 0 aliphatic rings. The number of benzene rings is 1. The van der Waals surface area contributed by atoms with E-state index in [2.05, 4.69) is 43.9 Å². The van der Waals surface area contributed by atoms with Crippen LogP contribution in [0, 0.1) is 0 Å². The van der Waals surface area contributed by atoms with Gasteiger partial charge in [-0.1, -0.05) is 45.2 Å². The molecule has 11 heavy (non-hydrogen) atoms. The van der Waals surface area contributed by atoms with Crippen LogP contribution in [-0.4, -0.2) is 12.8 Å². The van der Waals surface area contributed by atoms with E-state index in [-0.39, 0.29) is 24.9 Å². The fourth-order valence-electron chi connectivity index (χ4n) is 0.865. The lowest BCUT2D eigenvalue weighted by atomic mass is 10.4. The Labute approximate surface area is 80.5 Å². The van der Waals surface area contributed by atoms with Gasteiger partial charge in [-0.25, -0.2) is 0 Å². The van der Waals surface area contributed by atoms with Gasteiger partial charge in [0.2, 0.25) is 0 Å². The predicted octanol–water partition coefficient (Wildman–Crippen LogP) is 3.02. The van der Waals surface area contributed by atoms with Gasteiger partial charge < -0.3 is 0 Å². The fraction of sp³-hybridized carbons (Fsp3) is 0.333. The molecular weight excluding hydrogens is 219 g/mol. The van der Waals surface area contributed by atoms with Crippen molar-refractivity contribution >= 4 is 30.2 Å².